The lowest BCUT2D eigenvalue weighted by Gasteiger charge is -2.27. The summed E-state index contributed by atoms with van der Waals surface area (Å²) in [5.41, 5.74) is 2.19. The zero-order valence-corrected chi connectivity index (χ0v) is 13.0. The van der Waals surface area contributed by atoms with Crippen molar-refractivity contribution in [1.82, 2.24) is 0 Å². The van der Waals surface area contributed by atoms with E-state index >= 15 is 0 Å². The van der Waals surface area contributed by atoms with Crippen molar-refractivity contribution in [2.75, 3.05) is 18.0 Å². The lowest BCUT2D eigenvalue weighted by atomic mass is 10.1. The first-order valence-corrected chi connectivity index (χ1v) is 7.66. The van der Waals surface area contributed by atoms with Crippen LogP contribution in [0.1, 0.15) is 45.1 Å². The molecule has 102 valence electrons. The van der Waals surface area contributed by atoms with Crippen LogP contribution >= 0.6 is 15.9 Å². The molecule has 3 heteroatoms. The fourth-order valence-electron chi connectivity index (χ4n) is 2.02. The number of hydrogen-bond acceptors (Lipinski definition) is 2. The molecule has 0 aromatic heterocycles. The second kappa shape index (κ2) is 8.54. The molecule has 0 unspecified atom stereocenters. The van der Waals surface area contributed by atoms with Crippen LogP contribution in [0.25, 0.3) is 0 Å². The number of halogens is 1. The molecule has 0 aliphatic heterocycles. The zero-order valence-electron chi connectivity index (χ0n) is 11.5. The van der Waals surface area contributed by atoms with E-state index in [-0.39, 0.29) is 6.61 Å². The maximum Gasteiger partial charge on any atom is 0.0702 e. The maximum atomic E-state index is 9.47. The molecule has 0 atom stereocenters. The third kappa shape index (κ3) is 4.62. The second-order valence-electron chi connectivity index (χ2n) is 4.63. The highest BCUT2D eigenvalue weighted by atomic mass is 79.9. The molecule has 0 saturated heterocycles. The highest BCUT2D eigenvalue weighted by Crippen LogP contribution is 2.26. The Morgan fingerprint density at radius 2 is 1.72 bits per heavy atom. The number of aliphatic hydroxyl groups is 1. The van der Waals surface area contributed by atoms with Crippen molar-refractivity contribution >= 4 is 21.6 Å². The van der Waals surface area contributed by atoms with E-state index in [1.54, 1.807) is 0 Å². The van der Waals surface area contributed by atoms with E-state index in [4.69, 9.17) is 0 Å². The van der Waals surface area contributed by atoms with Gasteiger partial charge in [-0.3, -0.25) is 0 Å². The third-order valence-corrected chi connectivity index (χ3v) is 3.61. The van der Waals surface area contributed by atoms with Crippen molar-refractivity contribution in [3.8, 4) is 0 Å². The van der Waals surface area contributed by atoms with Gasteiger partial charge in [0.1, 0.15) is 0 Å². The number of anilines is 1. The van der Waals surface area contributed by atoms with Gasteiger partial charge in [0.25, 0.3) is 0 Å². The highest BCUT2D eigenvalue weighted by molar-refractivity contribution is 9.10. The largest absolute Gasteiger partial charge is 0.392 e. The molecule has 0 amide bonds. The van der Waals surface area contributed by atoms with E-state index in [0.29, 0.717) is 0 Å². The molecule has 1 aromatic carbocycles. The Kier molecular flexibility index (Phi) is 7.36. The molecule has 1 aromatic rings. The molecule has 0 aliphatic carbocycles. The van der Waals surface area contributed by atoms with Gasteiger partial charge in [-0.2, -0.15) is 0 Å². The average Bonchev–Trinajstić information content (AvgIpc) is 2.39. The molecule has 0 radical (unpaired) electrons. The van der Waals surface area contributed by atoms with Crippen molar-refractivity contribution in [3.63, 3.8) is 0 Å². The Labute approximate surface area is 119 Å². The summed E-state index contributed by atoms with van der Waals surface area (Å²) in [6, 6.07) is 6.12. The van der Waals surface area contributed by atoms with Crippen molar-refractivity contribution in [2.24, 2.45) is 0 Å². The Hall–Kier alpha value is -0.540. The smallest absolute Gasteiger partial charge is 0.0702 e. The van der Waals surface area contributed by atoms with Crippen LogP contribution in [0, 0.1) is 0 Å². The minimum absolute atomic E-state index is 0.108. The van der Waals surface area contributed by atoms with Crippen molar-refractivity contribution in [3.05, 3.63) is 28.2 Å². The molecule has 0 spiro atoms. The number of aliphatic hydroxyl groups excluding tert-OH is 1. The van der Waals surface area contributed by atoms with Crippen LogP contribution in [0.5, 0.6) is 0 Å². The fraction of sp³-hybridized carbons (Fsp3) is 0.600. The third-order valence-electron chi connectivity index (χ3n) is 3.12. The lowest BCUT2D eigenvalue weighted by molar-refractivity contribution is 0.282. The monoisotopic (exact) mass is 313 g/mol. The SMILES string of the molecule is CCCCN(CCCC)c1cc(Br)ccc1CO. The van der Waals surface area contributed by atoms with Gasteiger partial charge in [0.15, 0.2) is 0 Å². The Bertz CT molecular complexity index is 346. The number of benzene rings is 1. The number of rotatable bonds is 8. The molecular weight excluding hydrogens is 290 g/mol. The van der Waals surface area contributed by atoms with Gasteiger partial charge in [-0.15, -0.1) is 0 Å². The molecule has 2 nitrogen and oxygen atoms in total. The number of nitrogens with zero attached hydrogens (tertiary/aromatic N) is 1. The molecule has 0 saturated carbocycles. The first kappa shape index (κ1) is 15.5. The summed E-state index contributed by atoms with van der Waals surface area (Å²) in [5, 5.41) is 9.47. The summed E-state index contributed by atoms with van der Waals surface area (Å²) >= 11 is 3.52. The van der Waals surface area contributed by atoms with E-state index in [2.05, 4.69) is 40.7 Å². The van der Waals surface area contributed by atoms with Gasteiger partial charge in [-0.05, 0) is 25.0 Å². The minimum Gasteiger partial charge on any atom is -0.392 e. The van der Waals surface area contributed by atoms with Crippen LogP contribution in [0.2, 0.25) is 0 Å². The molecule has 1 N–H and O–H groups in total. The number of unbranched alkanes of at least 4 members (excludes halogenated alkanes) is 2. The summed E-state index contributed by atoms with van der Waals surface area (Å²) in [7, 11) is 0. The van der Waals surface area contributed by atoms with Gasteiger partial charge in [-0.1, -0.05) is 48.7 Å². The topological polar surface area (TPSA) is 23.5 Å². The quantitative estimate of drug-likeness (QED) is 0.771. The number of hydrogen-bond donors (Lipinski definition) is 1. The van der Waals surface area contributed by atoms with Gasteiger partial charge in [0, 0.05) is 28.8 Å². The van der Waals surface area contributed by atoms with E-state index in [1.165, 1.54) is 31.4 Å². The minimum atomic E-state index is 0.108. The van der Waals surface area contributed by atoms with E-state index < -0.39 is 0 Å². The van der Waals surface area contributed by atoms with E-state index in [9.17, 15) is 5.11 Å². The normalized spacial score (nSPS) is 10.7. The zero-order chi connectivity index (χ0) is 13.4. The van der Waals surface area contributed by atoms with Crippen LogP contribution in [-0.2, 0) is 6.61 Å². The molecule has 18 heavy (non-hydrogen) atoms. The predicted octanol–water partition coefficient (Wildman–Crippen LogP) is 4.35. The van der Waals surface area contributed by atoms with Crippen LogP contribution in [-0.4, -0.2) is 18.2 Å². The second-order valence-corrected chi connectivity index (χ2v) is 5.54. The first-order chi connectivity index (χ1) is 8.72. The van der Waals surface area contributed by atoms with Gasteiger partial charge < -0.3 is 10.0 Å². The summed E-state index contributed by atoms with van der Waals surface area (Å²) in [6.45, 7) is 6.68. The average molecular weight is 314 g/mol. The summed E-state index contributed by atoms with van der Waals surface area (Å²) in [4.78, 5) is 2.41. The van der Waals surface area contributed by atoms with Crippen LogP contribution in [0.15, 0.2) is 22.7 Å². The lowest BCUT2D eigenvalue weighted by Crippen LogP contribution is -2.26. The van der Waals surface area contributed by atoms with Gasteiger partial charge in [-0.25, -0.2) is 0 Å². The van der Waals surface area contributed by atoms with Crippen molar-refractivity contribution < 1.29 is 5.11 Å². The van der Waals surface area contributed by atoms with Crippen molar-refractivity contribution in [1.29, 1.82) is 0 Å². The van der Waals surface area contributed by atoms with Crippen molar-refractivity contribution in [2.45, 2.75) is 46.1 Å². The molecule has 1 rings (SSSR count). The summed E-state index contributed by atoms with van der Waals surface area (Å²) in [5.74, 6) is 0. The van der Waals surface area contributed by atoms with Crippen LogP contribution in [0.3, 0.4) is 0 Å². The Morgan fingerprint density at radius 1 is 1.11 bits per heavy atom. The van der Waals surface area contributed by atoms with Crippen LogP contribution in [0.4, 0.5) is 5.69 Å². The maximum absolute atomic E-state index is 9.47. The predicted molar refractivity (Wildman–Crippen MR) is 82.1 cm³/mol. The van der Waals surface area contributed by atoms with Gasteiger partial charge in [0.05, 0.1) is 6.61 Å². The summed E-state index contributed by atoms with van der Waals surface area (Å²) < 4.78 is 1.08. The summed E-state index contributed by atoms with van der Waals surface area (Å²) in [6.07, 6.45) is 4.79. The molecule has 0 aliphatic rings. The molecular formula is C15H24BrNO. The standard InChI is InChI=1S/C15H24BrNO/c1-3-5-9-17(10-6-4-2)15-11-14(16)8-7-13(15)12-18/h7-8,11,18H,3-6,9-10,12H2,1-2H3. The molecule has 0 heterocycles. The Balaban J connectivity index is 2.90. The van der Waals surface area contributed by atoms with Gasteiger partial charge >= 0.3 is 0 Å². The first-order valence-electron chi connectivity index (χ1n) is 6.87. The highest BCUT2D eigenvalue weighted by Gasteiger charge is 2.10. The van der Waals surface area contributed by atoms with E-state index in [1.807, 2.05) is 12.1 Å². The van der Waals surface area contributed by atoms with Gasteiger partial charge in [0.2, 0.25) is 0 Å². The van der Waals surface area contributed by atoms with Crippen LogP contribution < -0.4 is 4.90 Å². The molecule has 0 fully saturated rings. The van der Waals surface area contributed by atoms with E-state index in [0.717, 1.165) is 23.1 Å². The molecule has 0 bridgehead atoms. The Morgan fingerprint density at radius 3 is 2.22 bits per heavy atom. The fourth-order valence-corrected chi connectivity index (χ4v) is 2.36.